The number of aromatic hydroxyl groups is 3. The van der Waals surface area contributed by atoms with E-state index in [0.29, 0.717) is 0 Å². The summed E-state index contributed by atoms with van der Waals surface area (Å²) in [7, 11) is 0. The normalized spacial score (nSPS) is 25.7. The number of phenols is 3. The fourth-order valence-electron chi connectivity index (χ4n) is 3.40. The third-order valence-electron chi connectivity index (χ3n) is 5.16. The van der Waals surface area contributed by atoms with Gasteiger partial charge in [0.05, 0.1) is 12.0 Å². The first-order chi connectivity index (χ1) is 15.2. The van der Waals surface area contributed by atoms with Crippen LogP contribution in [0.5, 0.6) is 23.0 Å². The van der Waals surface area contributed by atoms with Crippen LogP contribution in [0.15, 0.2) is 45.6 Å². The summed E-state index contributed by atoms with van der Waals surface area (Å²) >= 11 is 0. The summed E-state index contributed by atoms with van der Waals surface area (Å²) in [6.07, 6.45) is -7.36. The van der Waals surface area contributed by atoms with Gasteiger partial charge >= 0.3 is 0 Å². The van der Waals surface area contributed by atoms with Crippen molar-refractivity contribution in [1.82, 2.24) is 0 Å². The van der Waals surface area contributed by atoms with Crippen molar-refractivity contribution in [2.75, 3.05) is 6.61 Å². The Bertz CT molecular complexity index is 1180. The quantitative estimate of drug-likeness (QED) is 0.261. The molecular weight excluding hydrogens is 428 g/mol. The average molecular weight is 448 g/mol. The second-order valence-electron chi connectivity index (χ2n) is 7.31. The Morgan fingerprint density at radius 2 is 1.59 bits per heavy atom. The van der Waals surface area contributed by atoms with Gasteiger partial charge in [-0.1, -0.05) is 0 Å². The van der Waals surface area contributed by atoms with E-state index in [9.17, 15) is 40.5 Å². The highest BCUT2D eigenvalue weighted by Gasteiger charge is 2.44. The molecule has 7 N–H and O–H groups in total. The summed E-state index contributed by atoms with van der Waals surface area (Å²) in [4.78, 5) is 12.5. The largest absolute Gasteiger partial charge is 0.504 e. The van der Waals surface area contributed by atoms with E-state index in [-0.39, 0.29) is 28.0 Å². The smallest absolute Gasteiger partial charge is 0.229 e. The molecular formula is C21H20O11. The molecule has 0 spiro atoms. The molecule has 0 aliphatic carbocycles. The highest BCUT2D eigenvalue weighted by molar-refractivity contribution is 5.80. The number of hydrogen-bond donors (Lipinski definition) is 7. The van der Waals surface area contributed by atoms with E-state index < -0.39 is 60.0 Å². The Kier molecular flexibility index (Phi) is 5.67. The van der Waals surface area contributed by atoms with Crippen molar-refractivity contribution in [3.63, 3.8) is 0 Å². The molecule has 1 fully saturated rings. The third-order valence-corrected chi connectivity index (χ3v) is 5.16. The van der Waals surface area contributed by atoms with Gasteiger partial charge in [0, 0.05) is 17.7 Å². The van der Waals surface area contributed by atoms with E-state index in [1.165, 1.54) is 18.2 Å². The molecule has 2 aromatic carbocycles. The van der Waals surface area contributed by atoms with E-state index >= 15 is 0 Å². The second-order valence-corrected chi connectivity index (χ2v) is 7.31. The molecule has 2 heterocycles. The molecule has 5 atom stereocenters. The van der Waals surface area contributed by atoms with Gasteiger partial charge in [-0.25, -0.2) is 0 Å². The first-order valence-corrected chi connectivity index (χ1v) is 9.50. The van der Waals surface area contributed by atoms with Crippen LogP contribution in [0.25, 0.3) is 22.3 Å². The molecule has 0 amide bonds. The average Bonchev–Trinajstić information content (AvgIpc) is 2.77. The van der Waals surface area contributed by atoms with Crippen molar-refractivity contribution < 1.29 is 49.6 Å². The Balaban J connectivity index is 1.69. The van der Waals surface area contributed by atoms with Gasteiger partial charge in [-0.3, -0.25) is 4.79 Å². The van der Waals surface area contributed by atoms with E-state index in [2.05, 4.69) is 0 Å². The highest BCUT2D eigenvalue weighted by atomic mass is 16.7. The lowest BCUT2D eigenvalue weighted by molar-refractivity contribution is -0.277. The van der Waals surface area contributed by atoms with Crippen LogP contribution in [0.3, 0.4) is 0 Å². The Hall–Kier alpha value is -3.35. The Labute approximate surface area is 179 Å². The molecule has 0 saturated carbocycles. The predicted octanol–water partition coefficient (Wildman–Crippen LogP) is -0.245. The molecule has 32 heavy (non-hydrogen) atoms. The van der Waals surface area contributed by atoms with E-state index in [1.54, 1.807) is 0 Å². The molecule has 1 saturated heterocycles. The van der Waals surface area contributed by atoms with Crippen LogP contribution in [0.4, 0.5) is 0 Å². The summed E-state index contributed by atoms with van der Waals surface area (Å²) in [5.74, 6) is -1.87. The van der Waals surface area contributed by atoms with Gasteiger partial charge in [0.1, 0.15) is 41.5 Å². The molecule has 2 unspecified atom stereocenters. The number of fused-ring (bicyclic) bond motifs is 1. The lowest BCUT2D eigenvalue weighted by atomic mass is 9.99. The van der Waals surface area contributed by atoms with Crippen LogP contribution in [-0.4, -0.2) is 73.1 Å². The molecule has 0 radical (unpaired) electrons. The van der Waals surface area contributed by atoms with Crippen LogP contribution in [0.1, 0.15) is 0 Å². The van der Waals surface area contributed by atoms with E-state index in [1.807, 2.05) is 0 Å². The number of hydrogen-bond acceptors (Lipinski definition) is 11. The van der Waals surface area contributed by atoms with E-state index in [0.717, 1.165) is 18.2 Å². The first-order valence-electron chi connectivity index (χ1n) is 9.50. The van der Waals surface area contributed by atoms with Crippen molar-refractivity contribution in [3.05, 3.63) is 46.6 Å². The zero-order valence-corrected chi connectivity index (χ0v) is 16.3. The van der Waals surface area contributed by atoms with Crippen LogP contribution in [-0.2, 0) is 4.74 Å². The number of benzene rings is 2. The predicted molar refractivity (Wildman–Crippen MR) is 107 cm³/mol. The number of phenolic OH excluding ortho intramolecular Hbond substituents is 3. The number of rotatable bonds is 4. The van der Waals surface area contributed by atoms with Gasteiger partial charge < -0.3 is 49.6 Å². The molecule has 11 nitrogen and oxygen atoms in total. The summed E-state index contributed by atoms with van der Waals surface area (Å²) in [6.45, 7) is -0.618. The van der Waals surface area contributed by atoms with Crippen molar-refractivity contribution in [1.29, 1.82) is 0 Å². The number of aliphatic hydroxyl groups is 4. The fourth-order valence-corrected chi connectivity index (χ4v) is 3.40. The topological polar surface area (TPSA) is 190 Å². The van der Waals surface area contributed by atoms with Crippen molar-refractivity contribution in [3.8, 4) is 34.3 Å². The lowest BCUT2D eigenvalue weighted by Crippen LogP contribution is -2.60. The molecule has 4 rings (SSSR count). The van der Waals surface area contributed by atoms with Crippen LogP contribution < -0.4 is 10.2 Å². The van der Waals surface area contributed by atoms with Crippen molar-refractivity contribution in [2.45, 2.75) is 30.7 Å². The molecule has 1 aliphatic heterocycles. The van der Waals surface area contributed by atoms with Crippen LogP contribution >= 0.6 is 0 Å². The zero-order chi connectivity index (χ0) is 23.2. The van der Waals surface area contributed by atoms with Gasteiger partial charge in [0.25, 0.3) is 0 Å². The summed E-state index contributed by atoms with van der Waals surface area (Å²) in [5.41, 5.74) is -0.258. The lowest BCUT2D eigenvalue weighted by Gasteiger charge is -2.39. The Morgan fingerprint density at radius 3 is 2.25 bits per heavy atom. The maximum Gasteiger partial charge on any atom is 0.229 e. The van der Waals surface area contributed by atoms with Crippen LogP contribution in [0.2, 0.25) is 0 Å². The van der Waals surface area contributed by atoms with Gasteiger partial charge in [-0.05, 0) is 24.3 Å². The number of ether oxygens (including phenoxy) is 2. The molecule has 3 aromatic rings. The van der Waals surface area contributed by atoms with Crippen molar-refractivity contribution in [2.24, 2.45) is 0 Å². The monoisotopic (exact) mass is 448 g/mol. The molecule has 1 aliphatic rings. The van der Waals surface area contributed by atoms with Gasteiger partial charge in [0.15, 0.2) is 22.7 Å². The van der Waals surface area contributed by atoms with Gasteiger partial charge in [-0.2, -0.15) is 0 Å². The van der Waals surface area contributed by atoms with Gasteiger partial charge in [-0.15, -0.1) is 0 Å². The minimum absolute atomic E-state index is 0.0157. The molecule has 0 bridgehead atoms. The van der Waals surface area contributed by atoms with Gasteiger partial charge in [0.2, 0.25) is 6.29 Å². The summed E-state index contributed by atoms with van der Waals surface area (Å²) in [5, 5.41) is 68.3. The molecule has 11 heteroatoms. The highest BCUT2D eigenvalue weighted by Crippen LogP contribution is 2.39. The summed E-state index contributed by atoms with van der Waals surface area (Å²) < 4.78 is 16.5. The van der Waals surface area contributed by atoms with E-state index in [4.69, 9.17) is 13.9 Å². The minimum Gasteiger partial charge on any atom is -0.504 e. The van der Waals surface area contributed by atoms with Crippen LogP contribution in [0, 0.1) is 0 Å². The van der Waals surface area contributed by atoms with Crippen molar-refractivity contribution >= 4 is 11.0 Å². The summed E-state index contributed by atoms with van der Waals surface area (Å²) in [6, 6.07) is 7.48. The first kappa shape index (κ1) is 21.9. The minimum atomic E-state index is -1.62. The Morgan fingerprint density at radius 1 is 0.906 bits per heavy atom. The second kappa shape index (κ2) is 8.30. The molecule has 1 aromatic heterocycles. The SMILES string of the molecule is O=c1cc(-c2cc(O)c(O)c(O)c2)oc2cc(O[C@@H]3OC(CO)[C@@H](O)[C@H](O)C3O)ccc12. The molecule has 170 valence electrons. The zero-order valence-electron chi connectivity index (χ0n) is 16.3. The third kappa shape index (κ3) is 3.83. The fraction of sp³-hybridized carbons (Fsp3) is 0.286. The maximum atomic E-state index is 12.5. The maximum absolute atomic E-state index is 12.5. The number of aliphatic hydroxyl groups excluding tert-OH is 4. The standard InChI is InChI=1S/C21H20O11/c22-7-16-18(27)19(28)20(29)21(32-16)30-9-1-2-10-11(23)6-14(31-15(10)5-9)8-3-12(24)17(26)13(25)4-8/h1-6,16,18-22,24-29H,7H2/t16?,18-,19+,20?,21-/m1/s1.